The minimum absolute atomic E-state index is 0.218. The molecule has 0 amide bonds. The van der Waals surface area contributed by atoms with Gasteiger partial charge in [-0.1, -0.05) is 45.9 Å². The molecule has 0 spiro atoms. The van der Waals surface area contributed by atoms with E-state index in [9.17, 15) is 0 Å². The van der Waals surface area contributed by atoms with E-state index in [2.05, 4.69) is 76.4 Å². The first kappa shape index (κ1) is 12.9. The van der Waals surface area contributed by atoms with Gasteiger partial charge >= 0.3 is 0 Å². The van der Waals surface area contributed by atoms with Crippen LogP contribution in [-0.2, 0) is 5.41 Å². The Hall–Kier alpha value is -1.50. The molecule has 0 saturated heterocycles. The van der Waals surface area contributed by atoms with Gasteiger partial charge < -0.3 is 5.32 Å². The summed E-state index contributed by atoms with van der Waals surface area (Å²) in [6, 6.07) is 8.75. The van der Waals surface area contributed by atoms with Crippen molar-refractivity contribution in [3.05, 3.63) is 53.3 Å². The third kappa shape index (κ3) is 2.66. The van der Waals surface area contributed by atoms with Crippen molar-refractivity contribution in [1.82, 2.24) is 0 Å². The molecule has 1 heteroatoms. The largest absolute Gasteiger partial charge is 0.356 e. The first-order valence-corrected chi connectivity index (χ1v) is 6.64. The Balaban J connectivity index is 2.15. The summed E-state index contributed by atoms with van der Waals surface area (Å²) in [4.78, 5) is 0. The average molecular weight is 241 g/mol. The number of hydrogen-bond acceptors (Lipinski definition) is 1. The smallest absolute Gasteiger partial charge is 0.0384 e. The molecule has 0 unspecified atom stereocenters. The van der Waals surface area contributed by atoms with Crippen molar-refractivity contribution in [1.29, 1.82) is 0 Å². The minimum atomic E-state index is 0.218. The maximum atomic E-state index is 3.49. The van der Waals surface area contributed by atoms with Crippen molar-refractivity contribution in [3.63, 3.8) is 0 Å². The first-order chi connectivity index (χ1) is 8.38. The Labute approximate surface area is 111 Å². The van der Waals surface area contributed by atoms with Crippen LogP contribution in [0.2, 0.25) is 0 Å². The van der Waals surface area contributed by atoms with Gasteiger partial charge in [0, 0.05) is 11.4 Å². The van der Waals surface area contributed by atoms with Crippen LogP contribution in [-0.4, -0.2) is 0 Å². The normalized spacial score (nSPS) is 19.5. The molecule has 0 bridgehead atoms. The van der Waals surface area contributed by atoms with Crippen molar-refractivity contribution in [3.8, 4) is 0 Å². The number of benzene rings is 1. The van der Waals surface area contributed by atoms with E-state index in [1.54, 1.807) is 0 Å². The van der Waals surface area contributed by atoms with Gasteiger partial charge in [0.2, 0.25) is 0 Å². The Morgan fingerprint density at radius 2 is 1.67 bits per heavy atom. The second kappa shape index (κ2) is 4.64. The Kier molecular flexibility index (Phi) is 3.34. The van der Waals surface area contributed by atoms with Crippen LogP contribution in [0.3, 0.4) is 0 Å². The standard InChI is InChI=1S/C17H23N/c1-12-6-11-16(13(12)2)18-15-9-7-14(8-10-15)17(3,4)5/h6-12,18H,1-5H3/t12-/m0/s1. The fourth-order valence-electron chi connectivity index (χ4n) is 2.11. The molecule has 0 aliphatic heterocycles. The monoisotopic (exact) mass is 241 g/mol. The van der Waals surface area contributed by atoms with Gasteiger partial charge in [-0.2, -0.15) is 0 Å². The molecule has 1 aromatic carbocycles. The van der Waals surface area contributed by atoms with Gasteiger partial charge in [0.05, 0.1) is 0 Å². The fraction of sp³-hybridized carbons (Fsp3) is 0.412. The highest BCUT2D eigenvalue weighted by Gasteiger charge is 2.14. The van der Waals surface area contributed by atoms with Crippen LogP contribution < -0.4 is 5.32 Å². The van der Waals surface area contributed by atoms with Gasteiger partial charge in [-0.25, -0.2) is 0 Å². The van der Waals surface area contributed by atoms with Crippen LogP contribution >= 0.6 is 0 Å². The van der Waals surface area contributed by atoms with Crippen molar-refractivity contribution in [2.24, 2.45) is 5.92 Å². The van der Waals surface area contributed by atoms with E-state index in [1.165, 1.54) is 16.8 Å². The number of anilines is 1. The summed E-state index contributed by atoms with van der Waals surface area (Å²) < 4.78 is 0. The maximum absolute atomic E-state index is 3.49. The van der Waals surface area contributed by atoms with Crippen LogP contribution in [0.25, 0.3) is 0 Å². The lowest BCUT2D eigenvalue weighted by Crippen LogP contribution is -2.10. The van der Waals surface area contributed by atoms with Crippen LogP contribution in [0.15, 0.2) is 47.7 Å². The second-order valence-electron chi connectivity index (χ2n) is 6.20. The molecule has 1 aliphatic carbocycles. The van der Waals surface area contributed by atoms with Crippen LogP contribution in [0.1, 0.15) is 40.2 Å². The molecule has 1 atom stereocenters. The highest BCUT2D eigenvalue weighted by Crippen LogP contribution is 2.27. The Morgan fingerprint density at radius 1 is 1.06 bits per heavy atom. The third-order valence-corrected chi connectivity index (χ3v) is 3.69. The summed E-state index contributed by atoms with van der Waals surface area (Å²) in [7, 11) is 0. The summed E-state index contributed by atoms with van der Waals surface area (Å²) in [5.41, 5.74) is 5.40. The van der Waals surface area contributed by atoms with E-state index in [1.807, 2.05) is 0 Å². The van der Waals surface area contributed by atoms with E-state index in [-0.39, 0.29) is 5.41 Å². The molecule has 96 valence electrons. The van der Waals surface area contributed by atoms with E-state index < -0.39 is 0 Å². The zero-order valence-corrected chi connectivity index (χ0v) is 12.0. The highest BCUT2D eigenvalue weighted by molar-refractivity contribution is 5.55. The number of rotatable bonds is 2. The van der Waals surface area contributed by atoms with Gasteiger partial charge in [-0.05, 0) is 47.6 Å². The Bertz CT molecular complexity index is 483. The van der Waals surface area contributed by atoms with Gasteiger partial charge in [-0.3, -0.25) is 0 Å². The zero-order chi connectivity index (χ0) is 13.3. The van der Waals surface area contributed by atoms with Crippen molar-refractivity contribution in [2.45, 2.75) is 40.0 Å². The molecule has 1 aliphatic rings. The number of allylic oxidation sites excluding steroid dienone is 3. The number of hydrogen-bond donors (Lipinski definition) is 1. The van der Waals surface area contributed by atoms with Crippen molar-refractivity contribution >= 4 is 5.69 Å². The topological polar surface area (TPSA) is 12.0 Å². The van der Waals surface area contributed by atoms with Crippen LogP contribution in [0, 0.1) is 5.92 Å². The van der Waals surface area contributed by atoms with E-state index >= 15 is 0 Å². The van der Waals surface area contributed by atoms with Gasteiger partial charge in [0.25, 0.3) is 0 Å². The molecule has 0 fully saturated rings. The molecule has 0 aromatic heterocycles. The molecular formula is C17H23N. The van der Waals surface area contributed by atoms with Crippen molar-refractivity contribution < 1.29 is 0 Å². The molecule has 1 aromatic rings. The lowest BCUT2D eigenvalue weighted by molar-refractivity contribution is 0.590. The Morgan fingerprint density at radius 3 is 2.11 bits per heavy atom. The molecule has 1 nitrogen and oxygen atoms in total. The summed E-state index contributed by atoms with van der Waals surface area (Å²) in [6.07, 6.45) is 4.42. The van der Waals surface area contributed by atoms with Gasteiger partial charge in [0.1, 0.15) is 0 Å². The fourth-order valence-corrected chi connectivity index (χ4v) is 2.11. The highest BCUT2D eigenvalue weighted by atomic mass is 14.9. The zero-order valence-electron chi connectivity index (χ0n) is 12.0. The average Bonchev–Trinajstić information content (AvgIpc) is 2.61. The van der Waals surface area contributed by atoms with Gasteiger partial charge in [-0.15, -0.1) is 0 Å². The summed E-state index contributed by atoms with van der Waals surface area (Å²) >= 11 is 0. The quantitative estimate of drug-likeness (QED) is 0.778. The van der Waals surface area contributed by atoms with Crippen molar-refractivity contribution in [2.75, 3.05) is 5.32 Å². The first-order valence-electron chi connectivity index (χ1n) is 6.64. The molecule has 0 radical (unpaired) electrons. The predicted molar refractivity (Wildman–Crippen MR) is 79.8 cm³/mol. The maximum Gasteiger partial charge on any atom is 0.0384 e. The van der Waals surface area contributed by atoms with Gasteiger partial charge in [0.15, 0.2) is 0 Å². The lowest BCUT2D eigenvalue weighted by Gasteiger charge is -2.19. The second-order valence-corrected chi connectivity index (χ2v) is 6.20. The van der Waals surface area contributed by atoms with E-state index in [0.29, 0.717) is 5.92 Å². The van der Waals surface area contributed by atoms with Crippen LogP contribution in [0.4, 0.5) is 5.69 Å². The summed E-state index contributed by atoms with van der Waals surface area (Å²) in [5.74, 6) is 0.557. The molecular weight excluding hydrogens is 218 g/mol. The van der Waals surface area contributed by atoms with E-state index in [4.69, 9.17) is 0 Å². The van der Waals surface area contributed by atoms with E-state index in [0.717, 1.165) is 5.69 Å². The van der Waals surface area contributed by atoms with Crippen LogP contribution in [0.5, 0.6) is 0 Å². The SMILES string of the molecule is CC1=C(Nc2ccc(C(C)(C)C)cc2)C=C[C@@H]1C. The minimum Gasteiger partial charge on any atom is -0.356 e. The molecule has 0 heterocycles. The molecule has 1 N–H and O–H groups in total. The molecule has 0 saturated carbocycles. The summed E-state index contributed by atoms with van der Waals surface area (Å²) in [5, 5.41) is 3.49. The summed E-state index contributed by atoms with van der Waals surface area (Å²) in [6.45, 7) is 11.1. The molecule has 2 rings (SSSR count). The third-order valence-electron chi connectivity index (χ3n) is 3.69. The lowest BCUT2D eigenvalue weighted by atomic mass is 9.87. The number of nitrogens with one attached hydrogen (secondary N) is 1. The predicted octanol–water partition coefficient (Wildman–Crippen LogP) is 4.88. The molecule has 18 heavy (non-hydrogen) atoms.